The predicted octanol–water partition coefficient (Wildman–Crippen LogP) is 4.73. The Kier molecular flexibility index (Phi) is 5.94. The SMILES string of the molecule is CC(=O)c1ccccc1C(=O)N1CCC[C@H](Nc2ccc(C(C)C)cc2)C1. The standard InChI is InChI=1S/C23H28N2O2/c1-16(2)18-10-12-19(13-11-18)24-20-7-6-14-25(15-20)23(27)22-9-5-4-8-21(22)17(3)26/h4-5,8-13,16,20,24H,6-7,14-15H2,1-3H3/t20-/m0/s1. The zero-order valence-electron chi connectivity index (χ0n) is 16.4. The van der Waals surface area contributed by atoms with Crippen LogP contribution in [0.2, 0.25) is 0 Å². The molecule has 0 bridgehead atoms. The minimum atomic E-state index is -0.0733. The monoisotopic (exact) mass is 364 g/mol. The van der Waals surface area contributed by atoms with Crippen molar-refractivity contribution >= 4 is 17.4 Å². The van der Waals surface area contributed by atoms with E-state index in [1.165, 1.54) is 12.5 Å². The summed E-state index contributed by atoms with van der Waals surface area (Å²) < 4.78 is 0. The molecule has 1 aliphatic rings. The largest absolute Gasteiger partial charge is 0.381 e. The van der Waals surface area contributed by atoms with Crippen molar-refractivity contribution in [2.24, 2.45) is 0 Å². The molecule has 0 spiro atoms. The van der Waals surface area contributed by atoms with Crippen molar-refractivity contribution in [1.29, 1.82) is 0 Å². The third kappa shape index (κ3) is 4.57. The van der Waals surface area contributed by atoms with Gasteiger partial charge < -0.3 is 10.2 Å². The number of piperidine rings is 1. The van der Waals surface area contributed by atoms with E-state index in [4.69, 9.17) is 0 Å². The number of likely N-dealkylation sites (tertiary alicyclic amines) is 1. The number of ketones is 1. The number of carbonyl (C=O) groups is 2. The first kappa shape index (κ1) is 19.2. The number of rotatable bonds is 5. The predicted molar refractivity (Wildman–Crippen MR) is 110 cm³/mol. The number of hydrogen-bond acceptors (Lipinski definition) is 3. The maximum Gasteiger partial charge on any atom is 0.254 e. The summed E-state index contributed by atoms with van der Waals surface area (Å²) in [6.07, 6.45) is 1.99. The van der Waals surface area contributed by atoms with Crippen LogP contribution in [0.3, 0.4) is 0 Å². The minimum absolute atomic E-state index is 0.0533. The number of hydrogen-bond donors (Lipinski definition) is 1. The molecule has 4 nitrogen and oxygen atoms in total. The molecule has 2 aromatic rings. The fourth-order valence-corrected chi connectivity index (χ4v) is 3.63. The average Bonchev–Trinajstić information content (AvgIpc) is 2.68. The summed E-state index contributed by atoms with van der Waals surface area (Å²) in [6.45, 7) is 7.26. The van der Waals surface area contributed by atoms with E-state index in [-0.39, 0.29) is 17.7 Å². The van der Waals surface area contributed by atoms with E-state index in [0.29, 0.717) is 23.6 Å². The molecule has 142 valence electrons. The number of nitrogens with zero attached hydrogens (tertiary/aromatic N) is 1. The molecule has 1 aliphatic heterocycles. The second-order valence-corrected chi connectivity index (χ2v) is 7.61. The van der Waals surface area contributed by atoms with Gasteiger partial charge in [-0.2, -0.15) is 0 Å². The van der Waals surface area contributed by atoms with Crippen molar-refractivity contribution < 1.29 is 9.59 Å². The van der Waals surface area contributed by atoms with Crippen molar-refractivity contribution in [3.63, 3.8) is 0 Å². The van der Waals surface area contributed by atoms with Crippen LogP contribution < -0.4 is 5.32 Å². The lowest BCUT2D eigenvalue weighted by molar-refractivity contribution is 0.0710. The molecule has 27 heavy (non-hydrogen) atoms. The Morgan fingerprint density at radius 3 is 2.33 bits per heavy atom. The molecule has 0 aromatic heterocycles. The summed E-state index contributed by atoms with van der Waals surface area (Å²) in [5, 5.41) is 3.56. The van der Waals surface area contributed by atoms with Crippen LogP contribution in [0.1, 0.15) is 65.8 Å². The smallest absolute Gasteiger partial charge is 0.254 e. The maximum absolute atomic E-state index is 13.0. The molecule has 1 heterocycles. The summed E-state index contributed by atoms with van der Waals surface area (Å²) in [6, 6.07) is 15.8. The molecule has 1 amide bonds. The second kappa shape index (κ2) is 8.38. The summed E-state index contributed by atoms with van der Waals surface area (Å²) in [7, 11) is 0. The zero-order chi connectivity index (χ0) is 19.4. The van der Waals surface area contributed by atoms with Crippen LogP contribution in [0.5, 0.6) is 0 Å². The van der Waals surface area contributed by atoms with Crippen LogP contribution in [0.4, 0.5) is 5.69 Å². The highest BCUT2D eigenvalue weighted by Crippen LogP contribution is 2.22. The topological polar surface area (TPSA) is 49.4 Å². The van der Waals surface area contributed by atoms with Crippen molar-refractivity contribution in [3.05, 3.63) is 65.2 Å². The summed E-state index contributed by atoms with van der Waals surface area (Å²) in [4.78, 5) is 26.7. The average molecular weight is 364 g/mol. The van der Waals surface area contributed by atoms with Gasteiger partial charge in [-0.05, 0) is 49.4 Å². The second-order valence-electron chi connectivity index (χ2n) is 7.61. The van der Waals surface area contributed by atoms with Gasteiger partial charge in [0.15, 0.2) is 5.78 Å². The van der Waals surface area contributed by atoms with Gasteiger partial charge in [0.2, 0.25) is 0 Å². The molecule has 1 atom stereocenters. The quantitative estimate of drug-likeness (QED) is 0.780. The highest BCUT2D eigenvalue weighted by molar-refractivity contribution is 6.07. The Bertz CT molecular complexity index is 811. The van der Waals surface area contributed by atoms with Crippen LogP contribution in [-0.4, -0.2) is 35.7 Å². The first-order valence-corrected chi connectivity index (χ1v) is 9.71. The molecule has 2 aromatic carbocycles. The van der Waals surface area contributed by atoms with E-state index in [1.807, 2.05) is 11.0 Å². The maximum atomic E-state index is 13.0. The van der Waals surface area contributed by atoms with E-state index in [1.54, 1.807) is 18.2 Å². The van der Waals surface area contributed by atoms with Gasteiger partial charge in [-0.15, -0.1) is 0 Å². The van der Waals surface area contributed by atoms with Gasteiger partial charge in [0, 0.05) is 30.4 Å². The van der Waals surface area contributed by atoms with Gasteiger partial charge in [-0.1, -0.05) is 44.2 Å². The van der Waals surface area contributed by atoms with Gasteiger partial charge in [0.25, 0.3) is 5.91 Å². The van der Waals surface area contributed by atoms with E-state index in [2.05, 4.69) is 43.4 Å². The van der Waals surface area contributed by atoms with Crippen LogP contribution in [0.25, 0.3) is 0 Å². The van der Waals surface area contributed by atoms with Gasteiger partial charge in [-0.3, -0.25) is 9.59 Å². The molecule has 1 fully saturated rings. The van der Waals surface area contributed by atoms with Gasteiger partial charge in [0.05, 0.1) is 5.56 Å². The van der Waals surface area contributed by atoms with E-state index >= 15 is 0 Å². The summed E-state index contributed by atoms with van der Waals surface area (Å²) in [5.41, 5.74) is 3.42. The number of Topliss-reactive ketones (excluding diaryl/α,β-unsaturated/α-hetero) is 1. The van der Waals surface area contributed by atoms with E-state index in [0.717, 1.165) is 25.1 Å². The van der Waals surface area contributed by atoms with Crippen LogP contribution in [0.15, 0.2) is 48.5 Å². The third-order valence-corrected chi connectivity index (χ3v) is 5.19. The Hall–Kier alpha value is -2.62. The fraction of sp³-hybridized carbons (Fsp3) is 0.391. The highest BCUT2D eigenvalue weighted by atomic mass is 16.2. The first-order chi connectivity index (χ1) is 13.0. The molecule has 1 saturated heterocycles. The lowest BCUT2D eigenvalue weighted by Gasteiger charge is -2.34. The normalized spacial score (nSPS) is 17.0. The summed E-state index contributed by atoms with van der Waals surface area (Å²) in [5.74, 6) is 0.390. The van der Waals surface area contributed by atoms with Crippen molar-refractivity contribution in [1.82, 2.24) is 4.90 Å². The number of carbonyl (C=O) groups excluding carboxylic acids is 2. The van der Waals surface area contributed by atoms with E-state index in [9.17, 15) is 9.59 Å². The van der Waals surface area contributed by atoms with Crippen LogP contribution in [0, 0.1) is 0 Å². The zero-order valence-corrected chi connectivity index (χ0v) is 16.4. The highest BCUT2D eigenvalue weighted by Gasteiger charge is 2.26. The molecule has 0 aliphatic carbocycles. The molecule has 0 radical (unpaired) electrons. The summed E-state index contributed by atoms with van der Waals surface area (Å²) >= 11 is 0. The van der Waals surface area contributed by atoms with Gasteiger partial charge in [-0.25, -0.2) is 0 Å². The molecular weight excluding hydrogens is 336 g/mol. The lowest BCUT2D eigenvalue weighted by atomic mass is 10.00. The molecule has 0 saturated carbocycles. The molecule has 4 heteroatoms. The minimum Gasteiger partial charge on any atom is -0.381 e. The molecule has 1 N–H and O–H groups in total. The fourth-order valence-electron chi connectivity index (χ4n) is 3.63. The molecular formula is C23H28N2O2. The Balaban J connectivity index is 1.69. The van der Waals surface area contributed by atoms with Crippen molar-refractivity contribution in [2.45, 2.75) is 45.6 Å². The lowest BCUT2D eigenvalue weighted by Crippen LogP contribution is -2.45. The Labute approximate surface area is 161 Å². The van der Waals surface area contributed by atoms with Gasteiger partial charge in [0.1, 0.15) is 0 Å². The Morgan fingerprint density at radius 1 is 1.04 bits per heavy atom. The van der Waals surface area contributed by atoms with Crippen LogP contribution >= 0.6 is 0 Å². The molecule has 0 unspecified atom stereocenters. The first-order valence-electron chi connectivity index (χ1n) is 9.71. The van der Waals surface area contributed by atoms with E-state index < -0.39 is 0 Å². The van der Waals surface area contributed by atoms with Crippen LogP contribution in [-0.2, 0) is 0 Å². The van der Waals surface area contributed by atoms with Crippen molar-refractivity contribution in [2.75, 3.05) is 18.4 Å². The Morgan fingerprint density at radius 2 is 1.70 bits per heavy atom. The number of benzene rings is 2. The third-order valence-electron chi connectivity index (χ3n) is 5.19. The van der Waals surface area contributed by atoms with Crippen molar-refractivity contribution in [3.8, 4) is 0 Å². The molecule has 3 rings (SSSR count). The van der Waals surface area contributed by atoms with Gasteiger partial charge >= 0.3 is 0 Å². The number of anilines is 1. The number of nitrogens with one attached hydrogen (secondary N) is 1. The number of amides is 1.